The Hall–Kier alpha value is -2.03. The number of methoxy groups -OCH3 is 1. The van der Waals surface area contributed by atoms with E-state index in [2.05, 4.69) is 15.6 Å². The number of guanidine groups is 1. The lowest BCUT2D eigenvalue weighted by Crippen LogP contribution is -2.32. The maximum absolute atomic E-state index is 5.78. The second-order valence-electron chi connectivity index (χ2n) is 7.40. The average molecular weight is 422 g/mol. The third-order valence-corrected chi connectivity index (χ3v) is 4.87. The van der Waals surface area contributed by atoms with Crippen molar-refractivity contribution in [1.82, 2.24) is 5.32 Å². The molecule has 2 aliphatic heterocycles. The van der Waals surface area contributed by atoms with E-state index in [0.29, 0.717) is 39.6 Å². The maximum Gasteiger partial charge on any atom is 0.195 e. The molecule has 0 bridgehead atoms. The molecule has 2 heterocycles. The highest BCUT2D eigenvalue weighted by atomic mass is 16.5. The van der Waals surface area contributed by atoms with E-state index in [1.807, 2.05) is 18.2 Å². The van der Waals surface area contributed by atoms with E-state index in [1.54, 1.807) is 7.11 Å². The molecule has 8 nitrogen and oxygen atoms in total. The molecule has 1 aromatic rings. The molecule has 0 amide bonds. The Kier molecular flexibility index (Phi) is 10.0. The summed E-state index contributed by atoms with van der Waals surface area (Å²) < 4.78 is 27.9. The Morgan fingerprint density at radius 1 is 1.10 bits per heavy atom. The van der Waals surface area contributed by atoms with Crippen molar-refractivity contribution < 1.29 is 23.7 Å². The quantitative estimate of drug-likeness (QED) is 0.323. The fraction of sp³-hybridized carbons (Fsp3) is 0.682. The second kappa shape index (κ2) is 13.3. The van der Waals surface area contributed by atoms with Crippen LogP contribution in [0.2, 0.25) is 0 Å². The molecule has 30 heavy (non-hydrogen) atoms. The van der Waals surface area contributed by atoms with E-state index < -0.39 is 0 Å². The molecule has 0 saturated carbocycles. The van der Waals surface area contributed by atoms with Crippen molar-refractivity contribution in [1.29, 1.82) is 0 Å². The van der Waals surface area contributed by atoms with E-state index in [-0.39, 0.29) is 6.10 Å². The van der Waals surface area contributed by atoms with Crippen molar-refractivity contribution in [3.05, 3.63) is 18.2 Å². The molecule has 2 N–H and O–H groups in total. The van der Waals surface area contributed by atoms with Gasteiger partial charge in [0.1, 0.15) is 0 Å². The highest BCUT2D eigenvalue weighted by Gasteiger charge is 2.15. The fourth-order valence-corrected chi connectivity index (χ4v) is 3.29. The third kappa shape index (κ3) is 8.01. The SMILES string of the molecule is COCCCN=C(NCCCOCC1CCCO1)Nc1ccc2c(c1)OCCCO2. The molecule has 168 valence electrons. The number of aliphatic imine (C=N–C) groups is 1. The average Bonchev–Trinajstić information content (AvgIpc) is 3.17. The highest BCUT2D eigenvalue weighted by Crippen LogP contribution is 2.32. The summed E-state index contributed by atoms with van der Waals surface area (Å²) >= 11 is 0. The van der Waals surface area contributed by atoms with Gasteiger partial charge in [-0.1, -0.05) is 0 Å². The lowest BCUT2D eigenvalue weighted by Gasteiger charge is -2.15. The number of anilines is 1. The minimum atomic E-state index is 0.275. The smallest absolute Gasteiger partial charge is 0.195 e. The van der Waals surface area contributed by atoms with E-state index in [4.69, 9.17) is 23.7 Å². The maximum atomic E-state index is 5.78. The standard InChI is InChI=1S/C22H35N3O5/c1-26-11-3-9-23-22(24-10-4-12-27-17-19-6-2-13-28-19)25-18-7-8-20-21(16-18)30-15-5-14-29-20/h7-8,16,19H,2-6,9-15,17H2,1H3,(H2,23,24,25). The van der Waals surface area contributed by atoms with Crippen LogP contribution in [-0.4, -0.2) is 71.9 Å². The summed E-state index contributed by atoms with van der Waals surface area (Å²) in [5, 5.41) is 6.74. The molecular formula is C22H35N3O5. The summed E-state index contributed by atoms with van der Waals surface area (Å²) in [7, 11) is 1.70. The van der Waals surface area contributed by atoms with Gasteiger partial charge in [-0.15, -0.1) is 0 Å². The number of nitrogens with one attached hydrogen (secondary N) is 2. The van der Waals surface area contributed by atoms with Gasteiger partial charge in [0.15, 0.2) is 17.5 Å². The zero-order valence-corrected chi connectivity index (χ0v) is 18.0. The van der Waals surface area contributed by atoms with Gasteiger partial charge in [-0.25, -0.2) is 0 Å². The summed E-state index contributed by atoms with van der Waals surface area (Å²) in [6.45, 7) is 5.75. The van der Waals surface area contributed by atoms with Gasteiger partial charge in [-0.05, 0) is 37.8 Å². The number of nitrogens with zero attached hydrogens (tertiary/aromatic N) is 1. The normalized spacial score (nSPS) is 18.8. The Morgan fingerprint density at radius 3 is 2.83 bits per heavy atom. The zero-order chi connectivity index (χ0) is 20.9. The molecule has 0 spiro atoms. The van der Waals surface area contributed by atoms with Crippen LogP contribution in [0.3, 0.4) is 0 Å². The molecule has 0 aromatic heterocycles. The zero-order valence-electron chi connectivity index (χ0n) is 18.0. The van der Waals surface area contributed by atoms with Crippen molar-refractivity contribution in [3.63, 3.8) is 0 Å². The predicted molar refractivity (Wildman–Crippen MR) is 117 cm³/mol. The van der Waals surface area contributed by atoms with Crippen molar-refractivity contribution in [2.24, 2.45) is 4.99 Å². The molecule has 1 saturated heterocycles. The van der Waals surface area contributed by atoms with Crippen LogP contribution in [0, 0.1) is 0 Å². The summed E-state index contributed by atoms with van der Waals surface area (Å²) in [6, 6.07) is 5.87. The topological polar surface area (TPSA) is 82.6 Å². The predicted octanol–water partition coefficient (Wildman–Crippen LogP) is 2.83. The molecule has 8 heteroatoms. The van der Waals surface area contributed by atoms with Crippen LogP contribution in [0.15, 0.2) is 23.2 Å². The van der Waals surface area contributed by atoms with Crippen LogP contribution < -0.4 is 20.1 Å². The van der Waals surface area contributed by atoms with E-state index in [9.17, 15) is 0 Å². The summed E-state index contributed by atoms with van der Waals surface area (Å²) in [6.07, 6.45) is 5.18. The Morgan fingerprint density at radius 2 is 2.00 bits per heavy atom. The summed E-state index contributed by atoms with van der Waals surface area (Å²) in [5.74, 6) is 2.28. The highest BCUT2D eigenvalue weighted by molar-refractivity contribution is 5.93. The minimum Gasteiger partial charge on any atom is -0.490 e. The van der Waals surface area contributed by atoms with Crippen LogP contribution in [-0.2, 0) is 14.2 Å². The van der Waals surface area contributed by atoms with E-state index >= 15 is 0 Å². The van der Waals surface area contributed by atoms with Crippen LogP contribution in [0.1, 0.15) is 32.1 Å². The van der Waals surface area contributed by atoms with E-state index in [0.717, 1.165) is 68.4 Å². The van der Waals surface area contributed by atoms with E-state index in [1.165, 1.54) is 0 Å². The largest absolute Gasteiger partial charge is 0.490 e. The van der Waals surface area contributed by atoms with Gasteiger partial charge in [0.2, 0.25) is 0 Å². The summed E-state index contributed by atoms with van der Waals surface area (Å²) in [4.78, 5) is 4.65. The van der Waals surface area contributed by atoms with Gasteiger partial charge in [-0.3, -0.25) is 4.99 Å². The molecule has 2 aliphatic rings. The molecule has 3 rings (SSSR count). The third-order valence-electron chi connectivity index (χ3n) is 4.87. The fourth-order valence-electron chi connectivity index (χ4n) is 3.29. The van der Waals surface area contributed by atoms with Crippen molar-refractivity contribution >= 4 is 11.6 Å². The van der Waals surface area contributed by atoms with Gasteiger partial charge in [0.05, 0.1) is 25.9 Å². The van der Waals surface area contributed by atoms with Crippen LogP contribution in [0.25, 0.3) is 0 Å². The van der Waals surface area contributed by atoms with Crippen molar-refractivity contribution in [2.45, 2.75) is 38.2 Å². The Labute approximate surface area is 179 Å². The number of hydrogen-bond acceptors (Lipinski definition) is 6. The Balaban J connectivity index is 1.46. The molecule has 1 aromatic carbocycles. The first-order valence-corrected chi connectivity index (χ1v) is 11.0. The number of fused-ring (bicyclic) bond motifs is 1. The van der Waals surface area contributed by atoms with Gasteiger partial charge in [-0.2, -0.15) is 0 Å². The Bertz CT molecular complexity index is 650. The number of rotatable bonds is 11. The minimum absolute atomic E-state index is 0.275. The molecule has 1 unspecified atom stereocenters. The number of hydrogen-bond donors (Lipinski definition) is 2. The first-order chi connectivity index (χ1) is 14.8. The molecular weight excluding hydrogens is 386 g/mol. The van der Waals surface area contributed by atoms with Crippen molar-refractivity contribution in [3.8, 4) is 11.5 Å². The lowest BCUT2D eigenvalue weighted by molar-refractivity contribution is 0.0168. The van der Waals surface area contributed by atoms with Gasteiger partial charge in [0, 0.05) is 58.2 Å². The lowest BCUT2D eigenvalue weighted by atomic mass is 10.2. The molecule has 1 atom stereocenters. The summed E-state index contributed by atoms with van der Waals surface area (Å²) in [5.41, 5.74) is 0.909. The molecule has 0 aliphatic carbocycles. The van der Waals surface area contributed by atoms with Crippen LogP contribution in [0.5, 0.6) is 11.5 Å². The van der Waals surface area contributed by atoms with Gasteiger partial charge >= 0.3 is 0 Å². The van der Waals surface area contributed by atoms with Gasteiger partial charge < -0.3 is 34.3 Å². The molecule has 0 radical (unpaired) electrons. The van der Waals surface area contributed by atoms with Gasteiger partial charge in [0.25, 0.3) is 0 Å². The number of benzene rings is 1. The van der Waals surface area contributed by atoms with Crippen LogP contribution in [0.4, 0.5) is 5.69 Å². The van der Waals surface area contributed by atoms with Crippen molar-refractivity contribution in [2.75, 3.05) is 65.2 Å². The first kappa shape index (κ1) is 22.7. The monoisotopic (exact) mass is 421 g/mol. The number of ether oxygens (including phenoxy) is 5. The second-order valence-corrected chi connectivity index (χ2v) is 7.40. The first-order valence-electron chi connectivity index (χ1n) is 11.0. The van der Waals surface area contributed by atoms with Crippen LogP contribution >= 0.6 is 0 Å². The molecule has 1 fully saturated rings.